The summed E-state index contributed by atoms with van der Waals surface area (Å²) >= 11 is 0. The predicted octanol–water partition coefficient (Wildman–Crippen LogP) is 2.64. The molecule has 8 heteroatoms. The second-order valence-electron chi connectivity index (χ2n) is 5.71. The number of pyridine rings is 1. The maximum absolute atomic E-state index is 12.0. The van der Waals surface area contributed by atoms with Crippen molar-refractivity contribution in [3.05, 3.63) is 53.9 Å². The van der Waals surface area contributed by atoms with Gasteiger partial charge in [-0.15, -0.1) is 5.10 Å². The van der Waals surface area contributed by atoms with Crippen molar-refractivity contribution in [1.82, 2.24) is 9.99 Å². The molecule has 2 heterocycles. The van der Waals surface area contributed by atoms with E-state index in [1.54, 1.807) is 42.7 Å². The number of ether oxygens (including phenoxy) is 3. The second-order valence-corrected chi connectivity index (χ2v) is 5.71. The molecule has 1 atom stereocenters. The van der Waals surface area contributed by atoms with Crippen LogP contribution < -0.4 is 9.47 Å². The molecule has 140 valence electrons. The number of amides is 1. The lowest BCUT2D eigenvalue weighted by atomic mass is 10.2. The van der Waals surface area contributed by atoms with Crippen molar-refractivity contribution in [3.63, 3.8) is 0 Å². The highest BCUT2D eigenvalue weighted by atomic mass is 16.6. The van der Waals surface area contributed by atoms with Crippen LogP contribution in [-0.2, 0) is 14.3 Å². The van der Waals surface area contributed by atoms with Crippen LogP contribution in [0, 0.1) is 0 Å². The van der Waals surface area contributed by atoms with Crippen molar-refractivity contribution in [3.8, 4) is 11.5 Å². The molecule has 0 aliphatic carbocycles. The van der Waals surface area contributed by atoms with E-state index < -0.39 is 12.2 Å². The van der Waals surface area contributed by atoms with Gasteiger partial charge in [0.15, 0.2) is 11.5 Å². The van der Waals surface area contributed by atoms with Crippen LogP contribution in [0.4, 0.5) is 0 Å². The molecule has 1 aromatic carbocycles. The molecule has 3 rings (SSSR count). The van der Waals surface area contributed by atoms with E-state index in [0.29, 0.717) is 23.7 Å². The molecule has 0 radical (unpaired) electrons. The number of carbonyl (C=O) groups excluding carboxylic acids is 2. The van der Waals surface area contributed by atoms with Gasteiger partial charge in [0.1, 0.15) is 0 Å². The zero-order valence-electron chi connectivity index (χ0n) is 15.2. The van der Waals surface area contributed by atoms with Crippen LogP contribution in [-0.4, -0.2) is 34.4 Å². The van der Waals surface area contributed by atoms with Crippen LogP contribution in [0.5, 0.6) is 11.5 Å². The van der Waals surface area contributed by atoms with Crippen LogP contribution in [0.15, 0.2) is 47.8 Å². The van der Waals surface area contributed by atoms with E-state index in [-0.39, 0.29) is 11.8 Å². The Hall–Kier alpha value is -3.42. The molecule has 0 saturated carbocycles. The van der Waals surface area contributed by atoms with Gasteiger partial charge in [-0.1, -0.05) is 0 Å². The summed E-state index contributed by atoms with van der Waals surface area (Å²) in [6.07, 6.45) is 2.57. The standard InChI is InChI=1S/C19H19N3O5/c1-4-25-17-11-15(5-6-16(17)26-13(3)24)18-21-22(12(2)23)19(27-18)14-7-9-20-10-8-14/h5-11,19H,4H2,1-3H3/t19-/m0/s1. The number of hydrogen-bond acceptors (Lipinski definition) is 7. The van der Waals surface area contributed by atoms with E-state index in [4.69, 9.17) is 14.2 Å². The largest absolute Gasteiger partial charge is 0.490 e. The number of rotatable bonds is 5. The Morgan fingerprint density at radius 3 is 2.52 bits per heavy atom. The van der Waals surface area contributed by atoms with Gasteiger partial charge in [0, 0.05) is 37.4 Å². The smallest absolute Gasteiger partial charge is 0.308 e. The lowest BCUT2D eigenvalue weighted by Crippen LogP contribution is -2.25. The third kappa shape index (κ3) is 4.05. The monoisotopic (exact) mass is 369 g/mol. The van der Waals surface area contributed by atoms with E-state index in [2.05, 4.69) is 10.1 Å². The minimum atomic E-state index is -0.677. The van der Waals surface area contributed by atoms with Gasteiger partial charge in [0.2, 0.25) is 18.0 Å². The number of benzene rings is 1. The fraction of sp³-hybridized carbons (Fsp3) is 0.263. The summed E-state index contributed by atoms with van der Waals surface area (Å²) in [5.74, 6) is 0.258. The van der Waals surface area contributed by atoms with E-state index >= 15 is 0 Å². The third-order valence-electron chi connectivity index (χ3n) is 3.70. The molecule has 8 nitrogen and oxygen atoms in total. The molecule has 0 saturated heterocycles. The SMILES string of the molecule is CCOc1cc(C2=NN(C(C)=O)[C@H](c3ccncc3)O2)ccc1OC(C)=O. The Labute approximate surface area is 156 Å². The zero-order chi connectivity index (χ0) is 19.4. The zero-order valence-corrected chi connectivity index (χ0v) is 15.2. The summed E-state index contributed by atoms with van der Waals surface area (Å²) in [4.78, 5) is 27.2. The molecule has 0 N–H and O–H groups in total. The average molecular weight is 369 g/mol. The average Bonchev–Trinajstić information content (AvgIpc) is 3.09. The predicted molar refractivity (Wildman–Crippen MR) is 96.0 cm³/mol. The van der Waals surface area contributed by atoms with Gasteiger partial charge < -0.3 is 14.2 Å². The van der Waals surface area contributed by atoms with Gasteiger partial charge >= 0.3 is 5.97 Å². The minimum absolute atomic E-state index is 0.256. The number of carbonyl (C=O) groups is 2. The van der Waals surface area contributed by atoms with Gasteiger partial charge in [0.25, 0.3) is 0 Å². The Morgan fingerprint density at radius 2 is 1.89 bits per heavy atom. The first-order valence-corrected chi connectivity index (χ1v) is 8.40. The summed E-state index contributed by atoms with van der Waals surface area (Å²) in [7, 11) is 0. The van der Waals surface area contributed by atoms with Crippen molar-refractivity contribution in [2.45, 2.75) is 27.0 Å². The first-order valence-electron chi connectivity index (χ1n) is 8.40. The van der Waals surface area contributed by atoms with Crippen molar-refractivity contribution < 1.29 is 23.8 Å². The van der Waals surface area contributed by atoms with Gasteiger partial charge in [-0.05, 0) is 37.3 Å². The van der Waals surface area contributed by atoms with Crippen LogP contribution in [0.3, 0.4) is 0 Å². The highest BCUT2D eigenvalue weighted by Crippen LogP contribution is 2.33. The quantitative estimate of drug-likeness (QED) is 0.594. The Kier molecular flexibility index (Phi) is 5.35. The topological polar surface area (TPSA) is 90.3 Å². The molecule has 0 unspecified atom stereocenters. The van der Waals surface area contributed by atoms with Gasteiger partial charge in [0.05, 0.1) is 6.61 Å². The van der Waals surface area contributed by atoms with Gasteiger partial charge in [-0.25, -0.2) is 0 Å². The summed E-state index contributed by atoms with van der Waals surface area (Å²) < 4.78 is 16.6. The number of hydrogen-bond donors (Lipinski definition) is 0. The third-order valence-corrected chi connectivity index (χ3v) is 3.70. The number of nitrogens with zero attached hydrogens (tertiary/aromatic N) is 3. The van der Waals surface area contributed by atoms with E-state index in [9.17, 15) is 9.59 Å². The summed E-state index contributed by atoms with van der Waals surface area (Å²) in [5.41, 5.74) is 1.35. The molecule has 0 bridgehead atoms. The first-order chi connectivity index (χ1) is 13.0. The van der Waals surface area contributed by atoms with Crippen molar-refractivity contribution in [2.24, 2.45) is 5.10 Å². The molecule has 1 aromatic heterocycles. The van der Waals surface area contributed by atoms with Gasteiger partial charge in [-0.3, -0.25) is 14.6 Å². The molecule has 2 aromatic rings. The first kappa shape index (κ1) is 18.4. The van der Waals surface area contributed by atoms with E-state index in [0.717, 1.165) is 5.56 Å². The molecule has 1 aliphatic rings. The lowest BCUT2D eigenvalue weighted by Gasteiger charge is -2.19. The molecule has 0 spiro atoms. The van der Waals surface area contributed by atoms with Crippen LogP contribution in [0.25, 0.3) is 0 Å². The Balaban J connectivity index is 1.93. The fourth-order valence-corrected chi connectivity index (χ4v) is 2.58. The summed E-state index contributed by atoms with van der Waals surface area (Å²) in [6.45, 7) is 4.95. The molecular weight excluding hydrogens is 350 g/mol. The van der Waals surface area contributed by atoms with Crippen LogP contribution in [0.1, 0.15) is 38.1 Å². The van der Waals surface area contributed by atoms with E-state index in [1.165, 1.54) is 18.9 Å². The number of aromatic nitrogens is 1. The number of esters is 1. The molecule has 1 amide bonds. The van der Waals surface area contributed by atoms with Gasteiger partial charge in [-0.2, -0.15) is 5.01 Å². The highest BCUT2D eigenvalue weighted by Gasteiger charge is 2.33. The van der Waals surface area contributed by atoms with Crippen molar-refractivity contribution >= 4 is 17.8 Å². The Morgan fingerprint density at radius 1 is 1.15 bits per heavy atom. The van der Waals surface area contributed by atoms with Crippen LogP contribution >= 0.6 is 0 Å². The molecule has 27 heavy (non-hydrogen) atoms. The molecule has 1 aliphatic heterocycles. The summed E-state index contributed by atoms with van der Waals surface area (Å²) in [6, 6.07) is 8.47. The maximum Gasteiger partial charge on any atom is 0.308 e. The summed E-state index contributed by atoms with van der Waals surface area (Å²) in [5, 5.41) is 5.57. The molecule has 0 fully saturated rings. The van der Waals surface area contributed by atoms with E-state index in [1.807, 2.05) is 6.92 Å². The van der Waals surface area contributed by atoms with Crippen LogP contribution in [0.2, 0.25) is 0 Å². The Bertz CT molecular complexity index is 882. The minimum Gasteiger partial charge on any atom is -0.490 e. The normalized spacial score (nSPS) is 15.7. The second kappa shape index (κ2) is 7.86. The highest BCUT2D eigenvalue weighted by molar-refractivity contribution is 5.97. The maximum atomic E-state index is 12.0. The fourth-order valence-electron chi connectivity index (χ4n) is 2.58. The number of hydrazone groups is 1. The lowest BCUT2D eigenvalue weighted by molar-refractivity contribution is -0.135. The van der Waals surface area contributed by atoms with Crippen molar-refractivity contribution in [2.75, 3.05) is 6.61 Å². The molecular formula is C19H19N3O5. The van der Waals surface area contributed by atoms with Crippen molar-refractivity contribution in [1.29, 1.82) is 0 Å².